The molecule has 1 aliphatic rings. The van der Waals surface area contributed by atoms with Crippen molar-refractivity contribution in [1.82, 2.24) is 4.98 Å². The van der Waals surface area contributed by atoms with Crippen LogP contribution >= 0.6 is 0 Å². The molecular weight excluding hydrogens is 458 g/mol. The lowest BCUT2D eigenvalue weighted by molar-refractivity contribution is -0.294. The van der Waals surface area contributed by atoms with Crippen molar-refractivity contribution in [2.45, 2.75) is 84.1 Å². The number of aromatic nitrogens is 1. The first-order valence-electron chi connectivity index (χ1n) is 11.8. The molecule has 10 nitrogen and oxygen atoms in total. The van der Waals surface area contributed by atoms with Crippen molar-refractivity contribution in [2.24, 2.45) is 0 Å². The number of carbonyl (C=O) groups is 4. The minimum absolute atomic E-state index is 0.0237. The highest BCUT2D eigenvalue weighted by Gasteiger charge is 2.52. The van der Waals surface area contributed by atoms with Crippen molar-refractivity contribution in [2.75, 3.05) is 0 Å². The van der Waals surface area contributed by atoms with Gasteiger partial charge in [-0.1, -0.05) is 39.0 Å². The van der Waals surface area contributed by atoms with Gasteiger partial charge >= 0.3 is 23.9 Å². The Morgan fingerprint density at radius 1 is 0.800 bits per heavy atom. The van der Waals surface area contributed by atoms with E-state index in [0.717, 1.165) is 16.5 Å². The molecule has 0 amide bonds. The average Bonchev–Trinajstić information content (AvgIpc) is 3.25. The van der Waals surface area contributed by atoms with Crippen LogP contribution in [-0.2, 0) is 49.3 Å². The van der Waals surface area contributed by atoms with E-state index < -0.39 is 54.6 Å². The zero-order chi connectivity index (χ0) is 25.5. The van der Waals surface area contributed by atoms with Crippen molar-refractivity contribution in [1.29, 1.82) is 0 Å². The Kier molecular flexibility index (Phi) is 8.86. The van der Waals surface area contributed by atoms with Gasteiger partial charge < -0.3 is 28.7 Å². The van der Waals surface area contributed by atoms with Crippen LogP contribution in [0.2, 0.25) is 0 Å². The van der Waals surface area contributed by atoms with Crippen LogP contribution in [-0.4, -0.2) is 59.6 Å². The van der Waals surface area contributed by atoms with Gasteiger partial charge in [0, 0.05) is 36.4 Å². The third kappa shape index (κ3) is 6.39. The smallest absolute Gasteiger partial charge is 0.312 e. The summed E-state index contributed by atoms with van der Waals surface area (Å²) in [4.78, 5) is 52.4. The first-order chi connectivity index (χ1) is 16.8. The highest BCUT2D eigenvalue weighted by Crippen LogP contribution is 2.30. The second-order valence-corrected chi connectivity index (χ2v) is 8.16. The predicted octanol–water partition coefficient (Wildman–Crippen LogP) is 2.96. The van der Waals surface area contributed by atoms with Crippen LogP contribution in [0.5, 0.6) is 0 Å². The number of H-pyrrole nitrogens is 1. The summed E-state index contributed by atoms with van der Waals surface area (Å²) in [6, 6.07) is 7.51. The van der Waals surface area contributed by atoms with Crippen molar-refractivity contribution in [3.05, 3.63) is 36.0 Å². The number of fused-ring (bicyclic) bond motifs is 1. The largest absolute Gasteiger partial charge is 0.455 e. The fourth-order valence-electron chi connectivity index (χ4n) is 3.80. The molecule has 10 heteroatoms. The van der Waals surface area contributed by atoms with Gasteiger partial charge in [-0.3, -0.25) is 19.2 Å². The second kappa shape index (κ2) is 11.8. The van der Waals surface area contributed by atoms with Crippen LogP contribution < -0.4 is 0 Å². The Balaban J connectivity index is 1.85. The van der Waals surface area contributed by atoms with E-state index in [4.69, 9.17) is 23.7 Å². The molecule has 35 heavy (non-hydrogen) atoms. The van der Waals surface area contributed by atoms with E-state index in [1.165, 1.54) is 0 Å². The van der Waals surface area contributed by atoms with Crippen molar-refractivity contribution < 1.29 is 42.9 Å². The molecule has 0 spiro atoms. The lowest BCUT2D eigenvalue weighted by Gasteiger charge is -2.43. The molecule has 1 fully saturated rings. The fourth-order valence-corrected chi connectivity index (χ4v) is 3.80. The molecule has 0 radical (unpaired) electrons. The molecule has 2 aromatic rings. The van der Waals surface area contributed by atoms with Gasteiger partial charge in [0.2, 0.25) is 12.4 Å². The summed E-state index contributed by atoms with van der Waals surface area (Å²) in [6.07, 6.45) is -3.99. The first kappa shape index (κ1) is 26.2. The summed E-state index contributed by atoms with van der Waals surface area (Å²) in [5, 5.41) is 0.873. The van der Waals surface area contributed by atoms with Gasteiger partial charge in [0.05, 0.1) is 12.5 Å². The van der Waals surface area contributed by atoms with Crippen LogP contribution in [0.15, 0.2) is 30.5 Å². The normalized spacial score (nSPS) is 23.9. The Hall–Kier alpha value is -3.40. The first-order valence-corrected chi connectivity index (χ1v) is 11.8. The molecule has 1 aromatic heterocycles. The summed E-state index contributed by atoms with van der Waals surface area (Å²) < 4.78 is 27.9. The van der Waals surface area contributed by atoms with Gasteiger partial charge in [0.25, 0.3) is 0 Å². The summed E-state index contributed by atoms with van der Waals surface area (Å²) in [6.45, 7) is 6.41. The second-order valence-electron chi connectivity index (χ2n) is 8.16. The summed E-state index contributed by atoms with van der Waals surface area (Å²) in [7, 11) is 0. The monoisotopic (exact) mass is 489 g/mol. The number of rotatable bonds is 9. The number of ether oxygens (including phenoxy) is 5. The number of benzene rings is 1. The molecule has 0 aliphatic carbocycles. The van der Waals surface area contributed by atoms with Gasteiger partial charge in [0.1, 0.15) is 0 Å². The van der Waals surface area contributed by atoms with Crippen LogP contribution in [0.1, 0.15) is 52.5 Å². The molecule has 1 N–H and O–H groups in total. The number of hydrogen-bond acceptors (Lipinski definition) is 9. The number of aromatic amines is 1. The van der Waals surface area contributed by atoms with E-state index in [0.29, 0.717) is 0 Å². The van der Waals surface area contributed by atoms with E-state index in [2.05, 4.69) is 4.98 Å². The predicted molar refractivity (Wildman–Crippen MR) is 123 cm³/mol. The number of carbonyl (C=O) groups excluding carboxylic acids is 4. The summed E-state index contributed by atoms with van der Waals surface area (Å²) in [5.74, 6) is -2.39. The van der Waals surface area contributed by atoms with Crippen molar-refractivity contribution in [3.63, 3.8) is 0 Å². The van der Waals surface area contributed by atoms with E-state index >= 15 is 0 Å². The minimum atomic E-state index is -1.37. The SMILES string of the molecule is CCC(=O)OC1C(C)OC(OC(=O)Cc2c[nH]c3ccccc23)C(OC(=O)CC)C1OC(=O)CC. The highest BCUT2D eigenvalue weighted by atomic mass is 16.7. The summed E-state index contributed by atoms with van der Waals surface area (Å²) >= 11 is 0. The quantitative estimate of drug-likeness (QED) is 0.417. The topological polar surface area (TPSA) is 130 Å². The lowest BCUT2D eigenvalue weighted by atomic mass is 9.98. The minimum Gasteiger partial charge on any atom is -0.455 e. The number of para-hydroxylation sites is 1. The molecular formula is C25H31NO9. The maximum Gasteiger partial charge on any atom is 0.312 e. The highest BCUT2D eigenvalue weighted by molar-refractivity contribution is 5.87. The molecule has 0 saturated carbocycles. The average molecular weight is 490 g/mol. The molecule has 0 bridgehead atoms. The van der Waals surface area contributed by atoms with Crippen molar-refractivity contribution >= 4 is 34.8 Å². The van der Waals surface area contributed by atoms with Gasteiger partial charge in [-0.15, -0.1) is 0 Å². The van der Waals surface area contributed by atoms with Crippen LogP contribution in [0.4, 0.5) is 0 Å². The zero-order valence-corrected chi connectivity index (χ0v) is 20.3. The fraction of sp³-hybridized carbons (Fsp3) is 0.520. The van der Waals surface area contributed by atoms with Gasteiger partial charge in [0.15, 0.2) is 12.2 Å². The Bertz CT molecular complexity index is 1060. The molecule has 5 atom stereocenters. The van der Waals surface area contributed by atoms with Gasteiger partial charge in [-0.25, -0.2) is 0 Å². The molecule has 1 aromatic carbocycles. The third-order valence-corrected chi connectivity index (χ3v) is 5.65. The molecule has 5 unspecified atom stereocenters. The van der Waals surface area contributed by atoms with Crippen molar-refractivity contribution in [3.8, 4) is 0 Å². The lowest BCUT2D eigenvalue weighted by Crippen LogP contribution is -2.61. The molecule has 1 saturated heterocycles. The van der Waals surface area contributed by atoms with E-state index in [1.807, 2.05) is 24.3 Å². The van der Waals surface area contributed by atoms with Crippen LogP contribution in [0.3, 0.4) is 0 Å². The Morgan fingerprint density at radius 2 is 1.37 bits per heavy atom. The van der Waals surface area contributed by atoms with E-state index in [-0.39, 0.29) is 25.7 Å². The molecule has 2 heterocycles. The zero-order valence-electron chi connectivity index (χ0n) is 20.3. The maximum atomic E-state index is 12.9. The van der Waals surface area contributed by atoms with Crippen LogP contribution in [0.25, 0.3) is 10.9 Å². The van der Waals surface area contributed by atoms with Gasteiger partial charge in [-0.05, 0) is 18.6 Å². The number of esters is 4. The number of hydrogen-bond donors (Lipinski definition) is 1. The van der Waals surface area contributed by atoms with E-state index in [9.17, 15) is 19.2 Å². The Labute approximate surface area is 203 Å². The van der Waals surface area contributed by atoms with Crippen LogP contribution in [0, 0.1) is 0 Å². The molecule has 1 aliphatic heterocycles. The Morgan fingerprint density at radius 3 is 2.00 bits per heavy atom. The van der Waals surface area contributed by atoms with E-state index in [1.54, 1.807) is 33.9 Å². The standard InChI is InChI=1S/C25H31NO9/c1-5-18(27)32-22-14(4)31-25(24(34-20(29)7-3)23(22)33-19(28)6-2)35-21(30)12-15-13-26-17-11-9-8-10-16(15)17/h8-11,13-14,22-26H,5-7,12H2,1-4H3. The molecule has 190 valence electrons. The number of nitrogens with one attached hydrogen (secondary N) is 1. The summed E-state index contributed by atoms with van der Waals surface area (Å²) in [5.41, 5.74) is 1.60. The van der Waals surface area contributed by atoms with Gasteiger partial charge in [-0.2, -0.15) is 0 Å². The third-order valence-electron chi connectivity index (χ3n) is 5.65. The molecule has 3 rings (SSSR count). The maximum absolute atomic E-state index is 12.9.